The van der Waals surface area contributed by atoms with E-state index in [1.165, 1.54) is 0 Å². The standard InChI is InChI=1S/C19H33N3O4/c1-19(2,3)26-18(25)21-13-15-7-4-5-12-22(15)16(23)8-6-11-20-17(24)14-9-10-14/h14-15H,4-13H2,1-3H3,(H,20,24)(H,21,25). The molecule has 2 rings (SSSR count). The van der Waals surface area contributed by atoms with Crippen LogP contribution in [0.5, 0.6) is 0 Å². The number of carbonyl (C=O) groups is 3. The number of hydrogen-bond acceptors (Lipinski definition) is 4. The van der Waals surface area contributed by atoms with Gasteiger partial charge in [0.15, 0.2) is 0 Å². The van der Waals surface area contributed by atoms with Crippen LogP contribution in [0.3, 0.4) is 0 Å². The van der Waals surface area contributed by atoms with Crippen LogP contribution in [0, 0.1) is 5.92 Å². The Morgan fingerprint density at radius 2 is 1.81 bits per heavy atom. The fourth-order valence-corrected chi connectivity index (χ4v) is 3.14. The predicted octanol–water partition coefficient (Wildman–Crippen LogP) is 2.20. The van der Waals surface area contributed by atoms with Gasteiger partial charge in [-0.1, -0.05) is 0 Å². The van der Waals surface area contributed by atoms with Crippen LogP contribution >= 0.6 is 0 Å². The zero-order valence-corrected chi connectivity index (χ0v) is 16.3. The van der Waals surface area contributed by atoms with Crippen molar-refractivity contribution in [3.05, 3.63) is 0 Å². The van der Waals surface area contributed by atoms with Crippen molar-refractivity contribution in [1.82, 2.24) is 15.5 Å². The molecule has 2 fully saturated rings. The number of alkyl carbamates (subject to hydrolysis) is 1. The smallest absolute Gasteiger partial charge is 0.407 e. The molecular formula is C19H33N3O4. The maximum absolute atomic E-state index is 12.5. The first kappa shape index (κ1) is 20.5. The molecule has 0 aromatic rings. The van der Waals surface area contributed by atoms with Crippen molar-refractivity contribution >= 4 is 17.9 Å². The van der Waals surface area contributed by atoms with Gasteiger partial charge in [0, 0.05) is 38.0 Å². The van der Waals surface area contributed by atoms with Crippen molar-refractivity contribution < 1.29 is 19.1 Å². The number of likely N-dealkylation sites (tertiary alicyclic amines) is 1. The lowest BCUT2D eigenvalue weighted by Gasteiger charge is -2.36. The molecule has 0 spiro atoms. The maximum Gasteiger partial charge on any atom is 0.407 e. The molecule has 3 amide bonds. The Bertz CT molecular complexity index is 511. The second kappa shape index (κ2) is 9.24. The minimum atomic E-state index is -0.531. The fourth-order valence-electron chi connectivity index (χ4n) is 3.14. The van der Waals surface area contributed by atoms with Crippen LogP contribution in [0.25, 0.3) is 0 Å². The molecule has 1 saturated carbocycles. The number of carbonyl (C=O) groups excluding carboxylic acids is 3. The normalized spacial score (nSPS) is 20.4. The quantitative estimate of drug-likeness (QED) is 0.675. The van der Waals surface area contributed by atoms with Crippen molar-refractivity contribution in [3.63, 3.8) is 0 Å². The molecule has 26 heavy (non-hydrogen) atoms. The van der Waals surface area contributed by atoms with E-state index in [-0.39, 0.29) is 23.8 Å². The highest BCUT2D eigenvalue weighted by molar-refractivity contribution is 5.81. The van der Waals surface area contributed by atoms with Gasteiger partial charge >= 0.3 is 6.09 Å². The monoisotopic (exact) mass is 367 g/mol. The molecule has 2 aliphatic rings. The Hall–Kier alpha value is -1.79. The maximum atomic E-state index is 12.5. The summed E-state index contributed by atoms with van der Waals surface area (Å²) in [6, 6.07) is 0.0184. The molecule has 0 aromatic carbocycles. The fraction of sp³-hybridized carbons (Fsp3) is 0.842. The molecular weight excluding hydrogens is 334 g/mol. The van der Waals surface area contributed by atoms with Crippen LogP contribution in [0.15, 0.2) is 0 Å². The molecule has 1 unspecified atom stereocenters. The number of rotatable bonds is 7. The van der Waals surface area contributed by atoms with E-state index in [0.717, 1.165) is 38.6 Å². The summed E-state index contributed by atoms with van der Waals surface area (Å²) in [6.45, 7) is 7.17. The topological polar surface area (TPSA) is 87.7 Å². The van der Waals surface area contributed by atoms with Gasteiger partial charge in [-0.05, 0) is 59.3 Å². The highest BCUT2D eigenvalue weighted by atomic mass is 16.6. The zero-order chi connectivity index (χ0) is 19.2. The Morgan fingerprint density at radius 3 is 2.46 bits per heavy atom. The van der Waals surface area contributed by atoms with E-state index in [9.17, 15) is 14.4 Å². The lowest BCUT2D eigenvalue weighted by Crippen LogP contribution is -2.50. The number of ether oxygens (including phenoxy) is 1. The van der Waals surface area contributed by atoms with Crippen LogP contribution in [0.4, 0.5) is 4.79 Å². The minimum Gasteiger partial charge on any atom is -0.444 e. The van der Waals surface area contributed by atoms with Crippen molar-refractivity contribution in [1.29, 1.82) is 0 Å². The first-order valence-electron chi connectivity index (χ1n) is 9.80. The van der Waals surface area contributed by atoms with Crippen LogP contribution in [0.2, 0.25) is 0 Å². The predicted molar refractivity (Wildman–Crippen MR) is 98.6 cm³/mol. The molecule has 0 radical (unpaired) electrons. The molecule has 7 heteroatoms. The minimum absolute atomic E-state index is 0.0184. The van der Waals surface area contributed by atoms with Gasteiger partial charge < -0.3 is 20.3 Å². The SMILES string of the molecule is CC(C)(C)OC(=O)NCC1CCCCN1C(=O)CCCNC(=O)C1CC1. The molecule has 1 aliphatic heterocycles. The van der Waals surface area contributed by atoms with Gasteiger partial charge in [-0.15, -0.1) is 0 Å². The number of amides is 3. The van der Waals surface area contributed by atoms with E-state index in [2.05, 4.69) is 10.6 Å². The van der Waals surface area contributed by atoms with Crippen LogP contribution in [0.1, 0.15) is 65.7 Å². The van der Waals surface area contributed by atoms with Crippen molar-refractivity contribution in [2.45, 2.75) is 77.4 Å². The highest BCUT2D eigenvalue weighted by Crippen LogP contribution is 2.28. The zero-order valence-electron chi connectivity index (χ0n) is 16.3. The van der Waals surface area contributed by atoms with Gasteiger partial charge in [-0.3, -0.25) is 9.59 Å². The molecule has 0 aromatic heterocycles. The lowest BCUT2D eigenvalue weighted by molar-refractivity contribution is -0.135. The third-order valence-electron chi connectivity index (χ3n) is 4.64. The number of hydrogen-bond donors (Lipinski definition) is 2. The summed E-state index contributed by atoms with van der Waals surface area (Å²) in [6.07, 6.45) is 5.55. The average molecular weight is 367 g/mol. The van der Waals surface area contributed by atoms with Gasteiger partial charge in [0.2, 0.25) is 11.8 Å². The number of nitrogens with one attached hydrogen (secondary N) is 2. The summed E-state index contributed by atoms with van der Waals surface area (Å²) >= 11 is 0. The third kappa shape index (κ3) is 7.22. The van der Waals surface area contributed by atoms with E-state index in [1.54, 1.807) is 0 Å². The van der Waals surface area contributed by atoms with Gasteiger partial charge in [0.25, 0.3) is 0 Å². The van der Waals surface area contributed by atoms with Gasteiger partial charge in [-0.25, -0.2) is 4.79 Å². The Kier molecular flexibility index (Phi) is 7.29. The second-order valence-electron chi connectivity index (χ2n) is 8.29. The highest BCUT2D eigenvalue weighted by Gasteiger charge is 2.30. The Balaban J connectivity index is 1.71. The van der Waals surface area contributed by atoms with Crippen molar-refractivity contribution in [2.24, 2.45) is 5.92 Å². The van der Waals surface area contributed by atoms with E-state index in [1.807, 2.05) is 25.7 Å². The van der Waals surface area contributed by atoms with Crippen LogP contribution in [-0.2, 0) is 14.3 Å². The third-order valence-corrected chi connectivity index (χ3v) is 4.64. The summed E-state index contributed by atoms with van der Waals surface area (Å²) < 4.78 is 5.26. The number of piperidine rings is 1. The van der Waals surface area contributed by atoms with Crippen LogP contribution < -0.4 is 10.6 Å². The van der Waals surface area contributed by atoms with E-state index in [0.29, 0.717) is 25.9 Å². The number of nitrogens with zero attached hydrogens (tertiary/aromatic N) is 1. The molecule has 1 atom stereocenters. The summed E-state index contributed by atoms with van der Waals surface area (Å²) in [5.41, 5.74) is -0.531. The summed E-state index contributed by atoms with van der Waals surface area (Å²) in [4.78, 5) is 37.8. The van der Waals surface area contributed by atoms with Gasteiger partial charge in [0.1, 0.15) is 5.60 Å². The molecule has 1 saturated heterocycles. The summed E-state index contributed by atoms with van der Waals surface area (Å²) in [7, 11) is 0. The molecule has 148 valence electrons. The summed E-state index contributed by atoms with van der Waals surface area (Å²) in [5.74, 6) is 0.423. The van der Waals surface area contributed by atoms with E-state index in [4.69, 9.17) is 4.74 Å². The van der Waals surface area contributed by atoms with Gasteiger partial charge in [0.05, 0.1) is 0 Å². The Morgan fingerprint density at radius 1 is 1.08 bits per heavy atom. The van der Waals surface area contributed by atoms with Crippen LogP contribution in [-0.4, -0.2) is 54.1 Å². The van der Waals surface area contributed by atoms with Gasteiger partial charge in [-0.2, -0.15) is 0 Å². The molecule has 0 bridgehead atoms. The van der Waals surface area contributed by atoms with E-state index < -0.39 is 11.7 Å². The van der Waals surface area contributed by atoms with Crippen molar-refractivity contribution in [2.75, 3.05) is 19.6 Å². The second-order valence-corrected chi connectivity index (χ2v) is 8.29. The molecule has 7 nitrogen and oxygen atoms in total. The average Bonchev–Trinajstić information content (AvgIpc) is 3.40. The molecule has 1 heterocycles. The largest absolute Gasteiger partial charge is 0.444 e. The first-order chi connectivity index (χ1) is 12.3. The lowest BCUT2D eigenvalue weighted by atomic mass is 10.0. The molecule has 1 aliphatic carbocycles. The molecule has 2 N–H and O–H groups in total. The van der Waals surface area contributed by atoms with Crippen molar-refractivity contribution in [3.8, 4) is 0 Å². The van der Waals surface area contributed by atoms with E-state index >= 15 is 0 Å². The summed E-state index contributed by atoms with van der Waals surface area (Å²) in [5, 5.41) is 5.68. The Labute approximate surface area is 156 Å². The first-order valence-corrected chi connectivity index (χ1v) is 9.80.